The van der Waals surface area contributed by atoms with Crippen molar-refractivity contribution in [3.05, 3.63) is 28.5 Å². The molecule has 0 radical (unpaired) electrons. The van der Waals surface area contributed by atoms with Gasteiger partial charge in [0, 0.05) is 22.9 Å². The van der Waals surface area contributed by atoms with Crippen molar-refractivity contribution in [2.24, 2.45) is 5.92 Å². The zero-order valence-electron chi connectivity index (χ0n) is 9.75. The number of rotatable bonds is 5. The third-order valence-corrected chi connectivity index (χ3v) is 3.84. The molecule has 88 valence electrons. The number of halogens is 1. The first-order chi connectivity index (χ1) is 7.79. The predicted molar refractivity (Wildman–Crippen MR) is 70.4 cm³/mol. The molecule has 0 bridgehead atoms. The van der Waals surface area contributed by atoms with Gasteiger partial charge in [-0.1, -0.05) is 13.3 Å². The van der Waals surface area contributed by atoms with Crippen LogP contribution in [0.1, 0.15) is 31.7 Å². The van der Waals surface area contributed by atoms with Gasteiger partial charge in [-0.3, -0.25) is 4.98 Å². The number of hydrogen-bond acceptors (Lipinski definition) is 2. The highest BCUT2D eigenvalue weighted by Crippen LogP contribution is 2.31. The Morgan fingerprint density at radius 2 is 2.31 bits per heavy atom. The van der Waals surface area contributed by atoms with Gasteiger partial charge in [0.1, 0.15) is 0 Å². The van der Waals surface area contributed by atoms with Crippen LogP contribution in [0.25, 0.3) is 0 Å². The molecule has 3 heteroatoms. The van der Waals surface area contributed by atoms with Gasteiger partial charge in [-0.2, -0.15) is 0 Å². The van der Waals surface area contributed by atoms with Crippen LogP contribution in [-0.2, 0) is 6.42 Å². The Kier molecular flexibility index (Phi) is 4.36. The predicted octanol–water partition coefficient (Wildman–Crippen LogP) is 3.16. The third-order valence-electron chi connectivity index (χ3n) is 3.40. The molecule has 2 rings (SSSR count). The average Bonchev–Trinajstić information content (AvgIpc) is 2.15. The molecule has 1 aromatic rings. The van der Waals surface area contributed by atoms with Gasteiger partial charge in [0.05, 0.1) is 0 Å². The second-order valence-corrected chi connectivity index (χ2v) is 5.49. The maximum atomic E-state index is 4.23. The Morgan fingerprint density at radius 1 is 1.50 bits per heavy atom. The molecule has 0 aromatic carbocycles. The van der Waals surface area contributed by atoms with Crippen molar-refractivity contribution in [3.63, 3.8) is 0 Å². The Labute approximate surface area is 106 Å². The van der Waals surface area contributed by atoms with Crippen LogP contribution in [-0.4, -0.2) is 17.6 Å². The lowest BCUT2D eigenvalue weighted by atomic mass is 9.78. The summed E-state index contributed by atoms with van der Waals surface area (Å²) in [5.41, 5.74) is 1.33. The standard InChI is InChI=1S/C13H19BrN2/c1-2-16-13(11-4-3-5-11)7-10-6-12(14)9-15-8-10/h6,8-9,11,13,16H,2-5,7H2,1H3. The summed E-state index contributed by atoms with van der Waals surface area (Å²) in [6.07, 6.45) is 9.11. The number of likely N-dealkylation sites (N-methyl/N-ethyl adjacent to an activating group) is 1. The van der Waals surface area contributed by atoms with E-state index in [0.29, 0.717) is 6.04 Å². The Balaban J connectivity index is 1.98. The Morgan fingerprint density at radius 3 is 2.88 bits per heavy atom. The number of nitrogens with one attached hydrogen (secondary N) is 1. The second kappa shape index (κ2) is 5.78. The summed E-state index contributed by atoms with van der Waals surface area (Å²) in [5.74, 6) is 0.874. The molecule has 2 nitrogen and oxygen atoms in total. The summed E-state index contributed by atoms with van der Waals surface area (Å²) in [6, 6.07) is 2.81. The molecule has 1 aliphatic carbocycles. The van der Waals surface area contributed by atoms with Gasteiger partial charge < -0.3 is 5.32 Å². The molecule has 1 heterocycles. The van der Waals surface area contributed by atoms with E-state index in [1.54, 1.807) is 0 Å². The summed E-state index contributed by atoms with van der Waals surface area (Å²) in [5, 5.41) is 3.61. The highest BCUT2D eigenvalue weighted by Gasteiger charge is 2.26. The fourth-order valence-corrected chi connectivity index (χ4v) is 2.74. The summed E-state index contributed by atoms with van der Waals surface area (Å²) in [4.78, 5) is 4.23. The van der Waals surface area contributed by atoms with Gasteiger partial charge in [-0.25, -0.2) is 0 Å². The van der Waals surface area contributed by atoms with E-state index in [2.05, 4.69) is 39.2 Å². The monoisotopic (exact) mass is 282 g/mol. The fraction of sp³-hybridized carbons (Fsp3) is 0.615. The summed E-state index contributed by atoms with van der Waals surface area (Å²) in [7, 11) is 0. The zero-order chi connectivity index (χ0) is 11.4. The molecule has 0 spiro atoms. The number of hydrogen-bond donors (Lipinski definition) is 1. The van der Waals surface area contributed by atoms with E-state index in [1.807, 2.05) is 12.4 Å². The first kappa shape index (κ1) is 12.1. The smallest absolute Gasteiger partial charge is 0.0410 e. The quantitative estimate of drug-likeness (QED) is 0.897. The maximum absolute atomic E-state index is 4.23. The van der Waals surface area contributed by atoms with Gasteiger partial charge in [0.25, 0.3) is 0 Å². The van der Waals surface area contributed by atoms with Crippen molar-refractivity contribution in [1.29, 1.82) is 0 Å². The minimum Gasteiger partial charge on any atom is -0.314 e. The first-order valence-electron chi connectivity index (χ1n) is 6.12. The van der Waals surface area contributed by atoms with Crippen LogP contribution in [0.4, 0.5) is 0 Å². The summed E-state index contributed by atoms with van der Waals surface area (Å²) >= 11 is 3.48. The number of pyridine rings is 1. The lowest BCUT2D eigenvalue weighted by molar-refractivity contribution is 0.229. The van der Waals surface area contributed by atoms with Crippen LogP contribution < -0.4 is 5.32 Å². The first-order valence-corrected chi connectivity index (χ1v) is 6.91. The molecule has 1 unspecified atom stereocenters. The van der Waals surface area contributed by atoms with Crippen LogP contribution in [0.15, 0.2) is 22.9 Å². The second-order valence-electron chi connectivity index (χ2n) is 4.57. The molecule has 16 heavy (non-hydrogen) atoms. The van der Waals surface area contributed by atoms with Crippen LogP contribution >= 0.6 is 15.9 Å². The Bertz CT molecular complexity index is 336. The third kappa shape index (κ3) is 3.05. The molecule has 1 aromatic heterocycles. The molecule has 0 saturated heterocycles. The molecule has 1 N–H and O–H groups in total. The van der Waals surface area contributed by atoms with Gasteiger partial charge in [0.15, 0.2) is 0 Å². The molecule has 1 fully saturated rings. The number of nitrogens with zero attached hydrogens (tertiary/aromatic N) is 1. The minimum atomic E-state index is 0.634. The molecular weight excluding hydrogens is 264 g/mol. The molecular formula is C13H19BrN2. The van der Waals surface area contributed by atoms with E-state index in [1.165, 1.54) is 24.8 Å². The van der Waals surface area contributed by atoms with Crippen molar-refractivity contribution in [1.82, 2.24) is 10.3 Å². The molecule has 0 amide bonds. The minimum absolute atomic E-state index is 0.634. The highest BCUT2D eigenvalue weighted by molar-refractivity contribution is 9.10. The van der Waals surface area contributed by atoms with E-state index in [4.69, 9.17) is 0 Å². The fourth-order valence-electron chi connectivity index (χ4n) is 2.33. The summed E-state index contributed by atoms with van der Waals surface area (Å²) < 4.78 is 1.08. The zero-order valence-corrected chi connectivity index (χ0v) is 11.3. The lowest BCUT2D eigenvalue weighted by Crippen LogP contribution is -2.41. The largest absolute Gasteiger partial charge is 0.314 e. The van der Waals surface area contributed by atoms with Gasteiger partial charge in [0.2, 0.25) is 0 Å². The van der Waals surface area contributed by atoms with Crippen molar-refractivity contribution in [3.8, 4) is 0 Å². The topological polar surface area (TPSA) is 24.9 Å². The molecule has 1 saturated carbocycles. The molecule has 1 atom stereocenters. The van der Waals surface area contributed by atoms with Crippen LogP contribution in [0.3, 0.4) is 0 Å². The molecule has 0 aliphatic heterocycles. The van der Waals surface area contributed by atoms with Gasteiger partial charge in [-0.05, 0) is 59.3 Å². The Hall–Kier alpha value is -0.410. The lowest BCUT2D eigenvalue weighted by Gasteiger charge is -2.34. The SMILES string of the molecule is CCNC(Cc1cncc(Br)c1)C1CCC1. The van der Waals surface area contributed by atoms with Crippen LogP contribution in [0.5, 0.6) is 0 Å². The van der Waals surface area contributed by atoms with E-state index in [0.717, 1.165) is 23.4 Å². The van der Waals surface area contributed by atoms with Crippen molar-refractivity contribution in [2.75, 3.05) is 6.54 Å². The highest BCUT2D eigenvalue weighted by atomic mass is 79.9. The number of aromatic nitrogens is 1. The normalized spacial score (nSPS) is 18.1. The van der Waals surface area contributed by atoms with Crippen molar-refractivity contribution < 1.29 is 0 Å². The van der Waals surface area contributed by atoms with Gasteiger partial charge >= 0.3 is 0 Å². The van der Waals surface area contributed by atoms with E-state index >= 15 is 0 Å². The molecule has 1 aliphatic rings. The van der Waals surface area contributed by atoms with E-state index in [-0.39, 0.29) is 0 Å². The maximum Gasteiger partial charge on any atom is 0.0410 e. The van der Waals surface area contributed by atoms with E-state index in [9.17, 15) is 0 Å². The summed E-state index contributed by atoms with van der Waals surface area (Å²) in [6.45, 7) is 3.24. The van der Waals surface area contributed by atoms with E-state index < -0.39 is 0 Å². The van der Waals surface area contributed by atoms with Gasteiger partial charge in [-0.15, -0.1) is 0 Å². The van der Waals surface area contributed by atoms with Crippen LogP contribution in [0.2, 0.25) is 0 Å². The average molecular weight is 283 g/mol. The van der Waals surface area contributed by atoms with Crippen LogP contribution in [0, 0.1) is 5.92 Å². The van der Waals surface area contributed by atoms with Crippen molar-refractivity contribution in [2.45, 2.75) is 38.6 Å². The van der Waals surface area contributed by atoms with Crippen molar-refractivity contribution >= 4 is 15.9 Å².